The van der Waals surface area contributed by atoms with E-state index < -0.39 is 0 Å². The molecular formula is C12H30N2. The first-order valence-electron chi connectivity index (χ1n) is 4.92. The van der Waals surface area contributed by atoms with Gasteiger partial charge in [-0.3, -0.25) is 0 Å². The molecule has 2 nitrogen and oxygen atoms in total. The summed E-state index contributed by atoms with van der Waals surface area (Å²) in [7, 11) is 1.81. The standard InChI is InChI=1S/C3H7N.C3H6.C2H5N.2C2H6/c1-3-4-2;1-3-2;1-2-3;2*1-2/h3-4H,1H2,2H3;3H,1H2,2H3;2H,1,3H2;2*1-2H3. The van der Waals surface area contributed by atoms with Gasteiger partial charge in [-0.25, -0.2) is 0 Å². The van der Waals surface area contributed by atoms with Crippen LogP contribution in [0.15, 0.2) is 38.2 Å². The van der Waals surface area contributed by atoms with Crippen LogP contribution in [0.1, 0.15) is 34.6 Å². The summed E-state index contributed by atoms with van der Waals surface area (Å²) in [4.78, 5) is 0. The highest BCUT2D eigenvalue weighted by Gasteiger charge is 1.35. The average Bonchev–Trinajstić information content (AvgIpc) is 2.26. The van der Waals surface area contributed by atoms with Crippen molar-refractivity contribution in [2.75, 3.05) is 7.05 Å². The Labute approximate surface area is 91.6 Å². The van der Waals surface area contributed by atoms with E-state index >= 15 is 0 Å². The molecule has 0 rings (SSSR count). The summed E-state index contributed by atoms with van der Waals surface area (Å²) in [5, 5.41) is 2.69. The maximum atomic E-state index is 4.61. The van der Waals surface area contributed by atoms with Crippen molar-refractivity contribution >= 4 is 0 Å². The van der Waals surface area contributed by atoms with E-state index in [2.05, 4.69) is 30.8 Å². The molecule has 0 radical (unpaired) electrons. The molecule has 0 aromatic heterocycles. The number of nitrogens with one attached hydrogen (secondary N) is 1. The summed E-state index contributed by atoms with van der Waals surface area (Å²) in [6.07, 6.45) is 4.62. The number of hydrogen-bond donors (Lipinski definition) is 2. The van der Waals surface area contributed by atoms with Gasteiger partial charge in [0.1, 0.15) is 0 Å². The fourth-order valence-corrected chi connectivity index (χ4v) is 0. The number of rotatable bonds is 1. The molecule has 0 aliphatic heterocycles. The van der Waals surface area contributed by atoms with E-state index in [1.165, 1.54) is 6.20 Å². The molecule has 14 heavy (non-hydrogen) atoms. The van der Waals surface area contributed by atoms with Crippen molar-refractivity contribution < 1.29 is 0 Å². The van der Waals surface area contributed by atoms with Crippen LogP contribution < -0.4 is 11.1 Å². The molecule has 0 amide bonds. The Morgan fingerprint density at radius 2 is 1.07 bits per heavy atom. The van der Waals surface area contributed by atoms with Crippen LogP contribution in [0.5, 0.6) is 0 Å². The van der Waals surface area contributed by atoms with E-state index in [0.717, 1.165) is 0 Å². The molecule has 3 N–H and O–H groups in total. The van der Waals surface area contributed by atoms with Crippen molar-refractivity contribution in [1.29, 1.82) is 0 Å². The minimum Gasteiger partial charge on any atom is -0.405 e. The normalized spacial score (nSPS) is 4.14. The van der Waals surface area contributed by atoms with Crippen LogP contribution in [-0.2, 0) is 0 Å². The Balaban J connectivity index is -0.0000000249. The van der Waals surface area contributed by atoms with Crippen molar-refractivity contribution in [3.8, 4) is 0 Å². The lowest BCUT2D eigenvalue weighted by Crippen LogP contribution is -1.87. The topological polar surface area (TPSA) is 38.0 Å². The van der Waals surface area contributed by atoms with Crippen molar-refractivity contribution in [2.45, 2.75) is 34.6 Å². The van der Waals surface area contributed by atoms with Crippen LogP contribution in [0.3, 0.4) is 0 Å². The average molecular weight is 202 g/mol. The monoisotopic (exact) mass is 202 g/mol. The molecule has 0 fully saturated rings. The Bertz CT molecular complexity index is 62.7. The first-order valence-corrected chi connectivity index (χ1v) is 4.92. The van der Waals surface area contributed by atoms with Crippen molar-refractivity contribution in [1.82, 2.24) is 5.32 Å². The van der Waals surface area contributed by atoms with Gasteiger partial charge in [-0.2, -0.15) is 0 Å². The molecule has 0 saturated heterocycles. The minimum absolute atomic E-state index is 1.25. The SMILES string of the molecule is C=CC.C=CN.C=CNC.CC.CC. The van der Waals surface area contributed by atoms with Gasteiger partial charge in [-0.15, -0.1) is 6.58 Å². The predicted octanol–water partition coefficient (Wildman–Crippen LogP) is 3.68. The number of hydrogen-bond acceptors (Lipinski definition) is 2. The third-order valence-electron chi connectivity index (χ3n) is 0.204. The van der Waals surface area contributed by atoms with Crippen molar-refractivity contribution in [2.24, 2.45) is 5.73 Å². The van der Waals surface area contributed by atoms with Gasteiger partial charge < -0.3 is 11.1 Å². The third kappa shape index (κ3) is 32200. The molecule has 0 spiro atoms. The Hall–Kier alpha value is -1.18. The van der Waals surface area contributed by atoms with Crippen LogP contribution >= 0.6 is 0 Å². The second kappa shape index (κ2) is 174. The summed E-state index contributed by atoms with van der Waals surface area (Å²) in [6, 6.07) is 0. The molecule has 88 valence electrons. The fraction of sp³-hybridized carbons (Fsp3) is 0.500. The molecule has 0 atom stereocenters. The van der Waals surface area contributed by atoms with Crippen LogP contribution in [0, 0.1) is 0 Å². The zero-order valence-corrected chi connectivity index (χ0v) is 10.9. The second-order valence-electron chi connectivity index (χ2n) is 1.14. The van der Waals surface area contributed by atoms with Gasteiger partial charge in [0.2, 0.25) is 0 Å². The zero-order valence-electron chi connectivity index (χ0n) is 10.9. The van der Waals surface area contributed by atoms with E-state index in [1.807, 2.05) is 41.7 Å². The van der Waals surface area contributed by atoms with Gasteiger partial charge in [-0.1, -0.05) is 46.9 Å². The second-order valence-corrected chi connectivity index (χ2v) is 1.14. The van der Waals surface area contributed by atoms with Crippen molar-refractivity contribution in [3.05, 3.63) is 38.2 Å². The highest BCUT2D eigenvalue weighted by atomic mass is 14.8. The molecule has 0 aliphatic carbocycles. The molecular weight excluding hydrogens is 172 g/mol. The quantitative estimate of drug-likeness (QED) is 0.637. The van der Waals surface area contributed by atoms with Gasteiger partial charge in [0.05, 0.1) is 0 Å². The smallest absolute Gasteiger partial charge is 0.00275 e. The van der Waals surface area contributed by atoms with Gasteiger partial charge in [0.15, 0.2) is 0 Å². The molecule has 0 heterocycles. The van der Waals surface area contributed by atoms with E-state index in [9.17, 15) is 0 Å². The lowest BCUT2D eigenvalue weighted by atomic mass is 10.8. The summed E-state index contributed by atoms with van der Waals surface area (Å²) in [5.74, 6) is 0. The predicted molar refractivity (Wildman–Crippen MR) is 72.2 cm³/mol. The minimum atomic E-state index is 1.25. The van der Waals surface area contributed by atoms with E-state index in [-0.39, 0.29) is 0 Å². The molecule has 0 aromatic carbocycles. The third-order valence-corrected chi connectivity index (χ3v) is 0.204. The highest BCUT2D eigenvalue weighted by molar-refractivity contribution is 4.55. The van der Waals surface area contributed by atoms with Crippen LogP contribution in [0.4, 0.5) is 0 Å². The lowest BCUT2D eigenvalue weighted by Gasteiger charge is -1.70. The maximum absolute atomic E-state index is 4.61. The van der Waals surface area contributed by atoms with Crippen molar-refractivity contribution in [3.63, 3.8) is 0 Å². The van der Waals surface area contributed by atoms with Crippen LogP contribution in [0.25, 0.3) is 0 Å². The summed E-state index contributed by atoms with van der Waals surface area (Å²) < 4.78 is 0. The van der Waals surface area contributed by atoms with Crippen LogP contribution in [0.2, 0.25) is 0 Å². The number of nitrogens with two attached hydrogens (primary N) is 1. The first kappa shape index (κ1) is 29.3. The van der Waals surface area contributed by atoms with E-state index in [4.69, 9.17) is 0 Å². The Kier molecular flexibility index (Phi) is 364. The molecule has 0 bridgehead atoms. The maximum Gasteiger partial charge on any atom is 0.00275 e. The fourth-order valence-electron chi connectivity index (χ4n) is 0. The first-order chi connectivity index (χ1) is 6.74. The summed E-state index contributed by atoms with van der Waals surface area (Å²) in [6.45, 7) is 19.8. The lowest BCUT2D eigenvalue weighted by molar-refractivity contribution is 1.11. The molecule has 0 aliphatic rings. The molecule has 0 saturated carbocycles. The summed E-state index contributed by atoms with van der Waals surface area (Å²) in [5.41, 5.74) is 4.61. The molecule has 0 unspecified atom stereocenters. The van der Waals surface area contributed by atoms with Gasteiger partial charge in [0, 0.05) is 7.05 Å². The number of allylic oxidation sites excluding steroid dienone is 1. The molecule has 2 heteroatoms. The van der Waals surface area contributed by atoms with E-state index in [0.29, 0.717) is 0 Å². The highest BCUT2D eigenvalue weighted by Crippen LogP contribution is 1.38. The van der Waals surface area contributed by atoms with E-state index in [1.54, 1.807) is 12.3 Å². The zero-order chi connectivity index (χ0) is 12.8. The van der Waals surface area contributed by atoms with Gasteiger partial charge in [-0.05, 0) is 19.3 Å². The largest absolute Gasteiger partial charge is 0.405 e. The van der Waals surface area contributed by atoms with Gasteiger partial charge >= 0.3 is 0 Å². The van der Waals surface area contributed by atoms with Crippen LogP contribution in [-0.4, -0.2) is 7.05 Å². The van der Waals surface area contributed by atoms with Gasteiger partial charge in [0.25, 0.3) is 0 Å². The summed E-state index contributed by atoms with van der Waals surface area (Å²) >= 11 is 0. The Morgan fingerprint density at radius 1 is 1.00 bits per heavy atom. The Morgan fingerprint density at radius 3 is 1.07 bits per heavy atom. The molecule has 0 aromatic rings.